The molecule has 0 fully saturated rings. The fraction of sp³-hybridized carbons (Fsp3) is 0.308. The highest BCUT2D eigenvalue weighted by Crippen LogP contribution is 2.12. The van der Waals surface area contributed by atoms with Crippen LogP contribution >= 0.6 is 0 Å². The maximum absolute atomic E-state index is 11.8. The molecular weight excluding hydrogens is 266 g/mol. The zero-order chi connectivity index (χ0) is 14.3. The van der Waals surface area contributed by atoms with Crippen LogP contribution in [0.4, 0.5) is 5.69 Å². The summed E-state index contributed by atoms with van der Waals surface area (Å²) in [5, 5.41) is 0. The Morgan fingerprint density at radius 1 is 1.47 bits per heavy atom. The molecule has 0 heterocycles. The number of hydrogen-bond donors (Lipinski definition) is 1. The third-order valence-electron chi connectivity index (χ3n) is 2.32. The van der Waals surface area contributed by atoms with E-state index < -0.39 is 16.0 Å². The van der Waals surface area contributed by atoms with Crippen molar-refractivity contribution >= 4 is 21.7 Å². The predicted molar refractivity (Wildman–Crippen MR) is 73.0 cm³/mol. The SMILES string of the molecule is C#Cc1cccc(NS(=O)(=O)CCCC(=O)OC)c1. The largest absolute Gasteiger partial charge is 0.469 e. The number of anilines is 1. The van der Waals surface area contributed by atoms with Gasteiger partial charge in [0.2, 0.25) is 10.0 Å². The van der Waals surface area contributed by atoms with Gasteiger partial charge in [0.25, 0.3) is 0 Å². The summed E-state index contributed by atoms with van der Waals surface area (Å²) in [6.45, 7) is 0. The Labute approximate surface area is 113 Å². The summed E-state index contributed by atoms with van der Waals surface area (Å²) in [7, 11) is -2.23. The van der Waals surface area contributed by atoms with Crippen molar-refractivity contribution in [1.29, 1.82) is 0 Å². The molecule has 5 nitrogen and oxygen atoms in total. The average Bonchev–Trinajstić information content (AvgIpc) is 2.37. The predicted octanol–water partition coefficient (Wildman–Crippen LogP) is 1.36. The van der Waals surface area contributed by atoms with Gasteiger partial charge in [0.05, 0.1) is 12.9 Å². The molecule has 0 aromatic heterocycles. The number of ether oxygens (including phenoxy) is 1. The Hall–Kier alpha value is -2.00. The van der Waals surface area contributed by atoms with E-state index in [1.54, 1.807) is 24.3 Å². The van der Waals surface area contributed by atoms with E-state index in [1.807, 2.05) is 0 Å². The van der Waals surface area contributed by atoms with Crippen molar-refractivity contribution in [1.82, 2.24) is 0 Å². The van der Waals surface area contributed by atoms with Gasteiger partial charge in [0.1, 0.15) is 0 Å². The average molecular weight is 281 g/mol. The van der Waals surface area contributed by atoms with E-state index in [9.17, 15) is 13.2 Å². The molecule has 0 saturated carbocycles. The molecule has 0 radical (unpaired) electrons. The Morgan fingerprint density at radius 2 is 2.21 bits per heavy atom. The molecule has 0 bridgehead atoms. The minimum absolute atomic E-state index is 0.0712. The molecule has 0 aliphatic rings. The van der Waals surface area contributed by atoms with Crippen LogP contribution in [0.3, 0.4) is 0 Å². The summed E-state index contributed by atoms with van der Waals surface area (Å²) < 4.78 is 30.4. The number of methoxy groups -OCH3 is 1. The van der Waals surface area contributed by atoms with E-state index in [-0.39, 0.29) is 18.6 Å². The first-order chi connectivity index (χ1) is 8.96. The van der Waals surface area contributed by atoms with Crippen molar-refractivity contribution in [3.63, 3.8) is 0 Å². The van der Waals surface area contributed by atoms with E-state index in [4.69, 9.17) is 6.42 Å². The molecule has 102 valence electrons. The number of carbonyl (C=O) groups excluding carboxylic acids is 1. The fourth-order valence-corrected chi connectivity index (χ4v) is 2.52. The molecule has 0 spiro atoms. The second kappa shape index (κ2) is 6.81. The van der Waals surface area contributed by atoms with Gasteiger partial charge in [0, 0.05) is 17.7 Å². The van der Waals surface area contributed by atoms with E-state index in [0.29, 0.717) is 11.3 Å². The van der Waals surface area contributed by atoms with Gasteiger partial charge in [-0.3, -0.25) is 9.52 Å². The second-order valence-corrected chi connectivity index (χ2v) is 5.67. The van der Waals surface area contributed by atoms with Crippen molar-refractivity contribution in [2.75, 3.05) is 17.6 Å². The van der Waals surface area contributed by atoms with E-state index in [1.165, 1.54) is 7.11 Å². The number of rotatable bonds is 6. The number of sulfonamides is 1. The Kier molecular flexibility index (Phi) is 5.39. The maximum Gasteiger partial charge on any atom is 0.305 e. The summed E-state index contributed by atoms with van der Waals surface area (Å²) in [5.74, 6) is 1.85. The number of nitrogens with one attached hydrogen (secondary N) is 1. The standard InChI is InChI=1S/C13H15NO4S/c1-3-11-6-4-7-12(10-11)14-19(16,17)9-5-8-13(15)18-2/h1,4,6-7,10,14H,5,8-9H2,2H3. The third kappa shape index (κ3) is 5.44. The summed E-state index contributed by atoms with van der Waals surface area (Å²) in [4.78, 5) is 10.9. The Morgan fingerprint density at radius 3 is 2.84 bits per heavy atom. The summed E-state index contributed by atoms with van der Waals surface area (Å²) in [6.07, 6.45) is 5.51. The Bertz CT molecular complexity index is 587. The molecule has 0 atom stereocenters. The molecule has 0 saturated heterocycles. The van der Waals surface area contributed by atoms with Gasteiger partial charge < -0.3 is 4.74 Å². The minimum atomic E-state index is -3.49. The summed E-state index contributed by atoms with van der Waals surface area (Å²) >= 11 is 0. The van der Waals surface area contributed by atoms with Crippen LogP contribution in [-0.2, 0) is 19.6 Å². The quantitative estimate of drug-likeness (QED) is 0.631. The number of benzene rings is 1. The van der Waals surface area contributed by atoms with Gasteiger partial charge in [-0.1, -0.05) is 12.0 Å². The molecule has 1 rings (SSSR count). The molecule has 0 aliphatic carbocycles. The van der Waals surface area contributed by atoms with Gasteiger partial charge >= 0.3 is 5.97 Å². The lowest BCUT2D eigenvalue weighted by atomic mass is 10.2. The Balaban J connectivity index is 2.59. The molecule has 0 unspecified atom stereocenters. The fourth-order valence-electron chi connectivity index (χ4n) is 1.41. The van der Waals surface area contributed by atoms with Crippen LogP contribution < -0.4 is 4.72 Å². The van der Waals surface area contributed by atoms with Crippen molar-refractivity contribution < 1.29 is 17.9 Å². The van der Waals surface area contributed by atoms with Crippen LogP contribution in [0.1, 0.15) is 18.4 Å². The van der Waals surface area contributed by atoms with Crippen molar-refractivity contribution in [3.8, 4) is 12.3 Å². The van der Waals surface area contributed by atoms with E-state index in [0.717, 1.165) is 0 Å². The highest BCUT2D eigenvalue weighted by molar-refractivity contribution is 7.92. The van der Waals surface area contributed by atoms with E-state index >= 15 is 0 Å². The third-order valence-corrected chi connectivity index (χ3v) is 3.70. The van der Waals surface area contributed by atoms with Gasteiger partial charge in [-0.05, 0) is 24.6 Å². The smallest absolute Gasteiger partial charge is 0.305 e. The number of hydrogen-bond acceptors (Lipinski definition) is 4. The van der Waals surface area contributed by atoms with Crippen LogP contribution in [-0.4, -0.2) is 27.2 Å². The number of terminal acetylenes is 1. The van der Waals surface area contributed by atoms with Crippen LogP contribution in [0.15, 0.2) is 24.3 Å². The molecule has 0 aliphatic heterocycles. The summed E-state index contributed by atoms with van der Waals surface area (Å²) in [6, 6.07) is 6.55. The molecule has 1 N–H and O–H groups in total. The zero-order valence-corrected chi connectivity index (χ0v) is 11.4. The van der Waals surface area contributed by atoms with Crippen LogP contribution in [0.2, 0.25) is 0 Å². The van der Waals surface area contributed by atoms with Crippen molar-refractivity contribution in [2.24, 2.45) is 0 Å². The molecule has 19 heavy (non-hydrogen) atoms. The van der Waals surface area contributed by atoms with Crippen molar-refractivity contribution in [2.45, 2.75) is 12.8 Å². The molecule has 6 heteroatoms. The lowest BCUT2D eigenvalue weighted by Gasteiger charge is -2.07. The molecule has 1 aromatic carbocycles. The lowest BCUT2D eigenvalue weighted by molar-refractivity contribution is -0.140. The van der Waals surface area contributed by atoms with E-state index in [2.05, 4.69) is 15.4 Å². The highest BCUT2D eigenvalue weighted by Gasteiger charge is 2.12. The first-order valence-corrected chi connectivity index (χ1v) is 7.26. The maximum atomic E-state index is 11.8. The van der Waals surface area contributed by atoms with Crippen LogP contribution in [0, 0.1) is 12.3 Å². The van der Waals surface area contributed by atoms with Crippen molar-refractivity contribution in [3.05, 3.63) is 29.8 Å². The highest BCUT2D eigenvalue weighted by atomic mass is 32.2. The number of carbonyl (C=O) groups is 1. The molecular formula is C13H15NO4S. The minimum Gasteiger partial charge on any atom is -0.469 e. The van der Waals surface area contributed by atoms with Gasteiger partial charge in [-0.2, -0.15) is 0 Å². The first kappa shape index (κ1) is 15.1. The number of esters is 1. The van der Waals surface area contributed by atoms with Gasteiger partial charge in [-0.15, -0.1) is 6.42 Å². The van der Waals surface area contributed by atoms with Crippen LogP contribution in [0.5, 0.6) is 0 Å². The normalized spacial score (nSPS) is 10.5. The second-order valence-electron chi connectivity index (χ2n) is 3.83. The zero-order valence-electron chi connectivity index (χ0n) is 10.5. The molecule has 0 amide bonds. The topological polar surface area (TPSA) is 72.5 Å². The molecule has 1 aromatic rings. The monoisotopic (exact) mass is 281 g/mol. The van der Waals surface area contributed by atoms with Crippen LogP contribution in [0.25, 0.3) is 0 Å². The lowest BCUT2D eigenvalue weighted by Crippen LogP contribution is -2.17. The summed E-state index contributed by atoms with van der Waals surface area (Å²) in [5.41, 5.74) is 1.00. The van der Waals surface area contributed by atoms with Gasteiger partial charge in [0.15, 0.2) is 0 Å². The van der Waals surface area contributed by atoms with Gasteiger partial charge in [-0.25, -0.2) is 8.42 Å². The first-order valence-electron chi connectivity index (χ1n) is 5.61.